The molecule has 0 atom stereocenters. The lowest BCUT2D eigenvalue weighted by atomic mass is 10.3. The van der Waals surface area contributed by atoms with Gasteiger partial charge in [-0.1, -0.05) is 11.6 Å². The summed E-state index contributed by atoms with van der Waals surface area (Å²) in [5.41, 5.74) is 5.27. The summed E-state index contributed by atoms with van der Waals surface area (Å²) >= 11 is 5.45. The molecule has 10 heteroatoms. The first kappa shape index (κ1) is 17.0. The molecule has 0 radical (unpaired) electrons. The maximum atomic E-state index is 13.6. The number of anilines is 1. The molecule has 0 fully saturated rings. The number of alkyl halides is 3. The highest BCUT2D eigenvalue weighted by atomic mass is 35.5. The minimum atomic E-state index is -4.38. The van der Waals surface area contributed by atoms with E-state index in [1.807, 2.05) is 4.72 Å². The van der Waals surface area contributed by atoms with Crippen LogP contribution in [0.4, 0.5) is 23.2 Å². The molecule has 1 rings (SSSR count). The van der Waals surface area contributed by atoms with Crippen LogP contribution in [-0.4, -0.2) is 21.1 Å². The van der Waals surface area contributed by atoms with E-state index in [0.717, 1.165) is 12.1 Å². The van der Waals surface area contributed by atoms with Crippen LogP contribution in [0.1, 0.15) is 12.8 Å². The van der Waals surface area contributed by atoms with Crippen molar-refractivity contribution in [2.75, 3.05) is 12.3 Å². The van der Waals surface area contributed by atoms with Crippen LogP contribution in [0.2, 0.25) is 5.02 Å². The van der Waals surface area contributed by atoms with Gasteiger partial charge in [0, 0.05) is 18.7 Å². The minimum Gasteiger partial charge on any atom is -0.399 e. The van der Waals surface area contributed by atoms with Gasteiger partial charge in [0.25, 0.3) is 0 Å². The zero-order chi connectivity index (χ0) is 15.6. The molecule has 0 aromatic heterocycles. The highest BCUT2D eigenvalue weighted by molar-refractivity contribution is 7.89. The summed E-state index contributed by atoms with van der Waals surface area (Å²) in [5, 5.41) is -0.485. The third kappa shape index (κ3) is 4.80. The van der Waals surface area contributed by atoms with Crippen molar-refractivity contribution in [2.24, 2.45) is 0 Å². The second-order valence-electron chi connectivity index (χ2n) is 3.93. The van der Waals surface area contributed by atoms with E-state index in [-0.39, 0.29) is 5.69 Å². The van der Waals surface area contributed by atoms with E-state index in [1.165, 1.54) is 0 Å². The van der Waals surface area contributed by atoms with Crippen molar-refractivity contribution in [3.8, 4) is 0 Å². The van der Waals surface area contributed by atoms with Crippen molar-refractivity contribution in [2.45, 2.75) is 23.9 Å². The van der Waals surface area contributed by atoms with Crippen molar-refractivity contribution in [1.29, 1.82) is 0 Å². The molecule has 0 spiro atoms. The van der Waals surface area contributed by atoms with Crippen LogP contribution in [0.25, 0.3) is 0 Å². The van der Waals surface area contributed by atoms with Crippen LogP contribution >= 0.6 is 11.6 Å². The first-order chi connectivity index (χ1) is 9.03. The Morgan fingerprint density at radius 1 is 1.30 bits per heavy atom. The maximum absolute atomic E-state index is 13.6. The number of nitrogens with one attached hydrogen (secondary N) is 1. The van der Waals surface area contributed by atoms with E-state index in [2.05, 4.69) is 0 Å². The second kappa shape index (κ2) is 6.15. The van der Waals surface area contributed by atoms with Crippen molar-refractivity contribution < 1.29 is 26.0 Å². The van der Waals surface area contributed by atoms with Crippen LogP contribution < -0.4 is 10.5 Å². The Balaban J connectivity index is 2.80. The SMILES string of the molecule is Nc1cc(Cl)c(F)c(S(=O)(=O)NCCCC(F)(F)F)c1. The van der Waals surface area contributed by atoms with Crippen molar-refractivity contribution >= 4 is 27.3 Å². The van der Waals surface area contributed by atoms with Gasteiger partial charge in [0.05, 0.1) is 5.02 Å². The molecular weight excluding hydrogens is 324 g/mol. The summed E-state index contributed by atoms with van der Waals surface area (Å²) in [6.07, 6.45) is -5.98. The summed E-state index contributed by atoms with van der Waals surface area (Å²) in [7, 11) is -4.31. The summed E-state index contributed by atoms with van der Waals surface area (Å²) in [4.78, 5) is -0.797. The minimum absolute atomic E-state index is 0.0768. The molecule has 0 unspecified atom stereocenters. The molecule has 0 amide bonds. The zero-order valence-corrected chi connectivity index (χ0v) is 11.5. The molecule has 114 valence electrons. The molecule has 0 bridgehead atoms. The Morgan fingerprint density at radius 2 is 1.90 bits per heavy atom. The molecule has 3 N–H and O–H groups in total. The van der Waals surface area contributed by atoms with E-state index in [4.69, 9.17) is 17.3 Å². The van der Waals surface area contributed by atoms with Gasteiger partial charge in [0.2, 0.25) is 10.0 Å². The average molecular weight is 335 g/mol. The number of rotatable bonds is 5. The predicted molar refractivity (Wildman–Crippen MR) is 66.3 cm³/mol. The molecule has 0 saturated carbocycles. The summed E-state index contributed by atoms with van der Waals surface area (Å²) in [6, 6.07) is 1.87. The Hall–Kier alpha value is -1.06. The maximum Gasteiger partial charge on any atom is 0.389 e. The molecule has 0 aliphatic rings. The number of hydrogen-bond donors (Lipinski definition) is 2. The molecule has 1 aromatic rings. The molecular formula is C10H11ClF4N2O2S. The third-order valence-corrected chi connectivity index (χ3v) is 3.97. The van der Waals surface area contributed by atoms with Crippen molar-refractivity contribution in [3.63, 3.8) is 0 Å². The van der Waals surface area contributed by atoms with Gasteiger partial charge in [-0.25, -0.2) is 17.5 Å². The highest BCUT2D eigenvalue weighted by Crippen LogP contribution is 2.26. The molecule has 4 nitrogen and oxygen atoms in total. The summed E-state index contributed by atoms with van der Waals surface area (Å²) in [5.74, 6) is -1.20. The van der Waals surface area contributed by atoms with Crippen LogP contribution in [0.3, 0.4) is 0 Å². The van der Waals surface area contributed by atoms with Crippen LogP contribution in [0.15, 0.2) is 17.0 Å². The fourth-order valence-corrected chi connectivity index (χ4v) is 2.84. The summed E-state index contributed by atoms with van der Waals surface area (Å²) < 4.78 is 74.6. The van der Waals surface area contributed by atoms with E-state index in [1.54, 1.807) is 0 Å². The Morgan fingerprint density at radius 3 is 2.45 bits per heavy atom. The van der Waals surface area contributed by atoms with E-state index < -0.39 is 51.3 Å². The number of hydrogen-bond acceptors (Lipinski definition) is 3. The highest BCUT2D eigenvalue weighted by Gasteiger charge is 2.27. The standard InChI is InChI=1S/C10H11ClF4N2O2S/c11-7-4-6(16)5-8(9(7)12)20(18,19)17-3-1-2-10(13,14)15/h4-5,17H,1-3,16H2. The van der Waals surface area contributed by atoms with Gasteiger partial charge >= 0.3 is 6.18 Å². The van der Waals surface area contributed by atoms with Crippen molar-refractivity contribution in [3.05, 3.63) is 23.0 Å². The second-order valence-corrected chi connectivity index (χ2v) is 6.07. The molecule has 1 aromatic carbocycles. The topological polar surface area (TPSA) is 72.2 Å². The lowest BCUT2D eigenvalue weighted by Crippen LogP contribution is -2.27. The van der Waals surface area contributed by atoms with Crippen LogP contribution in [0, 0.1) is 5.82 Å². The van der Waals surface area contributed by atoms with Gasteiger partial charge in [0.1, 0.15) is 4.90 Å². The Kier molecular flexibility index (Phi) is 5.22. The lowest BCUT2D eigenvalue weighted by Gasteiger charge is -2.10. The normalized spacial score (nSPS) is 12.7. The smallest absolute Gasteiger partial charge is 0.389 e. The first-order valence-electron chi connectivity index (χ1n) is 5.34. The quantitative estimate of drug-likeness (QED) is 0.494. The first-order valence-corrected chi connectivity index (χ1v) is 7.20. The van der Waals surface area contributed by atoms with Crippen molar-refractivity contribution in [1.82, 2.24) is 4.72 Å². The molecule has 0 aliphatic carbocycles. The fourth-order valence-electron chi connectivity index (χ4n) is 1.35. The van der Waals surface area contributed by atoms with E-state index in [9.17, 15) is 26.0 Å². The van der Waals surface area contributed by atoms with Gasteiger partial charge < -0.3 is 5.73 Å². The Labute approximate surface area is 118 Å². The zero-order valence-electron chi connectivity index (χ0n) is 9.97. The largest absolute Gasteiger partial charge is 0.399 e. The molecule has 0 aliphatic heterocycles. The number of sulfonamides is 1. The van der Waals surface area contributed by atoms with Crippen LogP contribution in [-0.2, 0) is 10.0 Å². The lowest BCUT2D eigenvalue weighted by molar-refractivity contribution is -0.135. The van der Waals surface area contributed by atoms with Gasteiger partial charge in [-0.15, -0.1) is 0 Å². The molecule has 20 heavy (non-hydrogen) atoms. The number of halogens is 5. The van der Waals surface area contributed by atoms with Gasteiger partial charge in [-0.2, -0.15) is 13.2 Å². The van der Waals surface area contributed by atoms with Gasteiger partial charge in [-0.3, -0.25) is 0 Å². The average Bonchev–Trinajstić information content (AvgIpc) is 2.28. The third-order valence-electron chi connectivity index (χ3n) is 2.24. The number of nitrogen functional groups attached to an aromatic ring is 1. The number of benzene rings is 1. The predicted octanol–water partition coefficient (Wildman–Crippen LogP) is 2.68. The monoisotopic (exact) mass is 334 g/mol. The van der Waals surface area contributed by atoms with Gasteiger partial charge in [-0.05, 0) is 18.6 Å². The van der Waals surface area contributed by atoms with E-state index in [0.29, 0.717) is 0 Å². The van der Waals surface area contributed by atoms with E-state index >= 15 is 0 Å². The van der Waals surface area contributed by atoms with Gasteiger partial charge in [0.15, 0.2) is 5.82 Å². The molecule has 0 saturated heterocycles. The molecule has 0 heterocycles. The van der Waals surface area contributed by atoms with Crippen LogP contribution in [0.5, 0.6) is 0 Å². The fraction of sp³-hybridized carbons (Fsp3) is 0.400. The Bertz CT molecular complexity index is 590. The summed E-state index contributed by atoms with van der Waals surface area (Å²) in [6.45, 7) is -0.478. The number of nitrogens with two attached hydrogens (primary N) is 1.